The van der Waals surface area contributed by atoms with E-state index in [1.165, 1.54) is 25.7 Å². The second-order valence-corrected chi connectivity index (χ2v) is 16.0. The zero-order valence-corrected chi connectivity index (χ0v) is 32.4. The SMILES string of the molecule is Cc1ccc2sc3cccc(-c4nc(-c5ccccc5)nc(-c5ccccc5)n4)c3c2c1.N=C(c1sc2ccccc2c1N)c1cccc2c1oc1ccccc12. The Morgan fingerprint density at radius 2 is 1.14 bits per heavy atom. The number of anilines is 1. The van der Waals surface area contributed by atoms with Gasteiger partial charge in [-0.25, -0.2) is 15.0 Å². The van der Waals surface area contributed by atoms with Crippen LogP contribution in [0.2, 0.25) is 0 Å². The molecule has 0 unspecified atom stereocenters. The van der Waals surface area contributed by atoms with Gasteiger partial charge in [0.05, 0.1) is 16.3 Å². The molecule has 0 amide bonds. The van der Waals surface area contributed by atoms with Crippen molar-refractivity contribution in [2.75, 3.05) is 5.73 Å². The predicted molar refractivity (Wildman–Crippen MR) is 240 cm³/mol. The van der Waals surface area contributed by atoms with Gasteiger partial charge in [-0.05, 0) is 43.3 Å². The maximum absolute atomic E-state index is 8.77. The highest BCUT2D eigenvalue weighted by atomic mass is 32.1. The molecule has 4 heterocycles. The monoisotopic (exact) mass is 771 g/mol. The summed E-state index contributed by atoms with van der Waals surface area (Å²) in [5.74, 6) is 2.06. The molecule has 272 valence electrons. The first kappa shape index (κ1) is 34.5. The molecule has 0 aliphatic heterocycles. The highest BCUT2D eigenvalue weighted by Crippen LogP contribution is 2.41. The average molecular weight is 772 g/mol. The maximum atomic E-state index is 8.77. The molecule has 6 nitrogen and oxygen atoms in total. The lowest BCUT2D eigenvalue weighted by Crippen LogP contribution is -2.02. The summed E-state index contributed by atoms with van der Waals surface area (Å²) in [5, 5.41) is 14.3. The molecule has 3 N–H and O–H groups in total. The normalized spacial score (nSPS) is 11.4. The smallest absolute Gasteiger partial charge is 0.164 e. The summed E-state index contributed by atoms with van der Waals surface area (Å²) in [6.07, 6.45) is 0. The van der Waals surface area contributed by atoms with Crippen LogP contribution in [0.25, 0.3) is 86.4 Å². The Balaban J connectivity index is 0.000000143. The van der Waals surface area contributed by atoms with E-state index in [2.05, 4.69) is 43.3 Å². The molecule has 8 heteroatoms. The van der Waals surface area contributed by atoms with Crippen LogP contribution >= 0.6 is 22.7 Å². The highest BCUT2D eigenvalue weighted by Gasteiger charge is 2.20. The van der Waals surface area contributed by atoms with Crippen molar-refractivity contribution in [2.24, 2.45) is 0 Å². The number of hydrogen-bond donors (Lipinski definition) is 2. The van der Waals surface area contributed by atoms with Crippen LogP contribution in [0.5, 0.6) is 0 Å². The Morgan fingerprint density at radius 1 is 0.544 bits per heavy atom. The average Bonchev–Trinajstić information content (AvgIpc) is 3.95. The summed E-state index contributed by atoms with van der Waals surface area (Å²) in [7, 11) is 0. The minimum absolute atomic E-state index is 0.406. The van der Waals surface area contributed by atoms with Gasteiger partial charge in [0.1, 0.15) is 11.2 Å². The van der Waals surface area contributed by atoms with Crippen molar-refractivity contribution in [2.45, 2.75) is 6.92 Å². The van der Waals surface area contributed by atoms with Gasteiger partial charge in [0.15, 0.2) is 17.5 Å². The van der Waals surface area contributed by atoms with Gasteiger partial charge < -0.3 is 10.2 Å². The lowest BCUT2D eigenvalue weighted by atomic mass is 10.0. The number of aryl methyl sites for hydroxylation is 1. The van der Waals surface area contributed by atoms with Crippen molar-refractivity contribution in [3.05, 3.63) is 180 Å². The molecule has 11 aromatic rings. The van der Waals surface area contributed by atoms with Gasteiger partial charge in [-0.3, -0.25) is 5.41 Å². The molecule has 57 heavy (non-hydrogen) atoms. The van der Waals surface area contributed by atoms with E-state index < -0.39 is 0 Å². The first-order valence-electron chi connectivity index (χ1n) is 18.6. The second kappa shape index (κ2) is 14.3. The third-order valence-electron chi connectivity index (χ3n) is 10.1. The molecule has 11 rings (SSSR count). The quantitative estimate of drug-likeness (QED) is 0.170. The van der Waals surface area contributed by atoms with Crippen LogP contribution < -0.4 is 5.73 Å². The number of para-hydroxylation sites is 2. The Bertz CT molecular complexity index is 3240. The highest BCUT2D eigenvalue weighted by molar-refractivity contribution is 7.26. The first-order valence-corrected chi connectivity index (χ1v) is 20.2. The summed E-state index contributed by atoms with van der Waals surface area (Å²) in [5.41, 5.74) is 14.0. The largest absolute Gasteiger partial charge is 0.455 e. The molecule has 7 aromatic carbocycles. The fourth-order valence-corrected chi connectivity index (χ4v) is 9.57. The summed E-state index contributed by atoms with van der Waals surface area (Å²) >= 11 is 3.36. The lowest BCUT2D eigenvalue weighted by Gasteiger charge is -2.09. The van der Waals surface area contributed by atoms with E-state index in [4.69, 9.17) is 30.5 Å². The van der Waals surface area contributed by atoms with Crippen LogP contribution in [0.4, 0.5) is 5.69 Å². The number of nitrogens with one attached hydrogen (secondary N) is 1. The van der Waals surface area contributed by atoms with Gasteiger partial charge >= 0.3 is 0 Å². The van der Waals surface area contributed by atoms with Gasteiger partial charge in [0.2, 0.25) is 0 Å². The Morgan fingerprint density at radius 3 is 1.88 bits per heavy atom. The minimum atomic E-state index is 0.406. The van der Waals surface area contributed by atoms with E-state index >= 15 is 0 Å². The van der Waals surface area contributed by atoms with Gasteiger partial charge in [0, 0.05) is 63.3 Å². The summed E-state index contributed by atoms with van der Waals surface area (Å²) in [6, 6.07) is 55.1. The van der Waals surface area contributed by atoms with Gasteiger partial charge in [-0.2, -0.15) is 0 Å². The number of nitrogen functional groups attached to an aromatic ring is 1. The van der Waals surface area contributed by atoms with Crippen molar-refractivity contribution in [3.63, 3.8) is 0 Å². The van der Waals surface area contributed by atoms with E-state index in [0.29, 0.717) is 28.9 Å². The number of rotatable bonds is 5. The summed E-state index contributed by atoms with van der Waals surface area (Å²) in [4.78, 5) is 15.5. The Labute approximate surface area is 336 Å². The molecule has 0 atom stereocenters. The molecule has 0 saturated heterocycles. The molecule has 0 spiro atoms. The minimum Gasteiger partial charge on any atom is -0.455 e. The molecule has 0 fully saturated rings. The lowest BCUT2D eigenvalue weighted by molar-refractivity contribution is 0.668. The van der Waals surface area contributed by atoms with Crippen molar-refractivity contribution >= 4 is 86.3 Å². The number of thiophene rings is 2. The number of benzene rings is 7. The van der Waals surface area contributed by atoms with Crippen LogP contribution in [-0.2, 0) is 0 Å². The van der Waals surface area contributed by atoms with E-state index in [1.54, 1.807) is 11.3 Å². The fourth-order valence-electron chi connectivity index (χ4n) is 7.37. The molecule has 0 saturated carbocycles. The molecular formula is C49H33N5OS2. The van der Waals surface area contributed by atoms with E-state index in [1.807, 2.05) is 139 Å². The zero-order chi connectivity index (χ0) is 38.5. The van der Waals surface area contributed by atoms with Gasteiger partial charge in [0.25, 0.3) is 0 Å². The molecule has 0 bridgehead atoms. The second-order valence-electron chi connectivity index (χ2n) is 13.8. The van der Waals surface area contributed by atoms with E-state index in [-0.39, 0.29) is 0 Å². The van der Waals surface area contributed by atoms with Crippen molar-refractivity contribution in [3.8, 4) is 34.2 Å². The molecule has 4 aromatic heterocycles. The number of furan rings is 1. The van der Waals surface area contributed by atoms with E-state index in [0.717, 1.165) is 59.2 Å². The standard InChI is InChI=1S/C28H19N3S.C21H14N2OS/c1-18-15-16-23-22(17-18)25-21(13-8-14-24(25)32-23)28-30-26(19-9-4-2-5-10-19)29-27(31-28)20-11-6-3-7-12-20;22-18-14-7-2-4-11-17(14)25-21(18)19(23)15-9-5-8-13-12-6-1-3-10-16(12)24-20(13)15/h2-17H,1H3;1-11,23H,22H2. The predicted octanol–water partition coefficient (Wildman–Crippen LogP) is 13.3. The third kappa shape index (κ3) is 6.21. The van der Waals surface area contributed by atoms with Gasteiger partial charge in [-0.15, -0.1) is 22.7 Å². The fraction of sp³-hybridized carbons (Fsp3) is 0.0204. The third-order valence-corrected chi connectivity index (χ3v) is 12.5. The number of hydrogen-bond acceptors (Lipinski definition) is 8. The zero-order valence-electron chi connectivity index (χ0n) is 30.7. The first-order chi connectivity index (χ1) is 28.0. The van der Waals surface area contributed by atoms with Crippen LogP contribution in [0.15, 0.2) is 168 Å². The topological polar surface area (TPSA) is 102 Å². The number of nitrogens with two attached hydrogens (primary N) is 1. The molecule has 0 aliphatic carbocycles. The Kier molecular flexibility index (Phi) is 8.62. The van der Waals surface area contributed by atoms with Gasteiger partial charge in [-0.1, -0.05) is 133 Å². The van der Waals surface area contributed by atoms with Crippen molar-refractivity contribution < 1.29 is 4.42 Å². The van der Waals surface area contributed by atoms with Crippen LogP contribution in [-0.4, -0.2) is 20.7 Å². The number of aromatic nitrogens is 3. The van der Waals surface area contributed by atoms with Crippen molar-refractivity contribution in [1.29, 1.82) is 5.41 Å². The maximum Gasteiger partial charge on any atom is 0.164 e. The molecule has 0 radical (unpaired) electrons. The molecular weight excluding hydrogens is 739 g/mol. The van der Waals surface area contributed by atoms with Crippen LogP contribution in [0, 0.1) is 12.3 Å². The Hall–Kier alpha value is -7.00. The number of fused-ring (bicyclic) bond motifs is 7. The molecule has 0 aliphatic rings. The van der Waals surface area contributed by atoms with Crippen molar-refractivity contribution in [1.82, 2.24) is 15.0 Å². The summed E-state index contributed by atoms with van der Waals surface area (Å²) in [6.45, 7) is 2.13. The van der Waals surface area contributed by atoms with Crippen LogP contribution in [0.1, 0.15) is 16.0 Å². The summed E-state index contributed by atoms with van der Waals surface area (Å²) < 4.78 is 9.68. The van der Waals surface area contributed by atoms with Crippen LogP contribution in [0.3, 0.4) is 0 Å². The van der Waals surface area contributed by atoms with E-state index in [9.17, 15) is 0 Å². The number of nitrogens with zero attached hydrogens (tertiary/aromatic N) is 3.